The first-order chi connectivity index (χ1) is 6.11. The first kappa shape index (κ1) is 12.9. The Bertz CT molecular complexity index is 150. The summed E-state index contributed by atoms with van der Waals surface area (Å²) in [4.78, 5) is 10.7. The number of carbonyl (C=O) groups is 1. The summed E-state index contributed by atoms with van der Waals surface area (Å²) in [5, 5.41) is 0.654. The minimum atomic E-state index is -0.243. The number of hydrogen-bond donors (Lipinski definition) is 0. The normalized spacial score (nSPS) is 15.1. The predicted octanol–water partition coefficient (Wildman–Crippen LogP) is 1.99. The molecule has 0 radical (unpaired) electrons. The van der Waals surface area contributed by atoms with E-state index in [1.54, 1.807) is 0 Å². The summed E-state index contributed by atoms with van der Waals surface area (Å²) in [7, 11) is 0. The van der Waals surface area contributed by atoms with E-state index >= 15 is 0 Å². The van der Waals surface area contributed by atoms with E-state index in [0.717, 1.165) is 0 Å². The topological polar surface area (TPSA) is 35.5 Å². The number of halogens is 1. The van der Waals surface area contributed by atoms with Crippen LogP contribution in [0, 0.1) is 5.92 Å². The van der Waals surface area contributed by atoms with E-state index in [-0.39, 0.29) is 18.0 Å². The Balaban J connectivity index is 3.84. The highest BCUT2D eigenvalue weighted by Gasteiger charge is 2.18. The second-order valence-electron chi connectivity index (χ2n) is 2.94. The van der Waals surface area contributed by atoms with Gasteiger partial charge in [-0.3, -0.25) is 4.79 Å². The highest BCUT2D eigenvalue weighted by atomic mass is 79.9. The lowest BCUT2D eigenvalue weighted by Crippen LogP contribution is -2.28. The van der Waals surface area contributed by atoms with Crippen LogP contribution >= 0.6 is 15.9 Å². The van der Waals surface area contributed by atoms with Crippen molar-refractivity contribution in [2.75, 3.05) is 18.5 Å². The van der Waals surface area contributed by atoms with Crippen LogP contribution in [0.2, 0.25) is 0 Å². The molecule has 0 amide bonds. The van der Waals surface area contributed by atoms with Gasteiger partial charge in [-0.1, -0.05) is 22.9 Å². The maximum Gasteiger partial charge on any atom is 0.302 e. The molecule has 0 bridgehead atoms. The summed E-state index contributed by atoms with van der Waals surface area (Å²) in [5.74, 6) is -0.0176. The zero-order chi connectivity index (χ0) is 10.3. The number of rotatable bonds is 6. The maximum absolute atomic E-state index is 10.7. The van der Waals surface area contributed by atoms with E-state index in [9.17, 15) is 4.79 Å². The van der Waals surface area contributed by atoms with Crippen molar-refractivity contribution in [3.05, 3.63) is 0 Å². The van der Waals surface area contributed by atoms with Crippen molar-refractivity contribution < 1.29 is 14.3 Å². The summed E-state index contributed by atoms with van der Waals surface area (Å²) < 4.78 is 10.3. The third kappa shape index (κ3) is 6.05. The van der Waals surface area contributed by atoms with Gasteiger partial charge in [0, 0.05) is 24.8 Å². The molecule has 0 heterocycles. The van der Waals surface area contributed by atoms with E-state index in [4.69, 9.17) is 9.47 Å². The number of ether oxygens (including phenoxy) is 2. The highest BCUT2D eigenvalue weighted by molar-refractivity contribution is 9.09. The largest absolute Gasteiger partial charge is 0.461 e. The van der Waals surface area contributed by atoms with Gasteiger partial charge in [0.1, 0.15) is 6.10 Å². The van der Waals surface area contributed by atoms with Crippen LogP contribution in [-0.2, 0) is 14.3 Å². The summed E-state index contributed by atoms with van der Waals surface area (Å²) in [5.41, 5.74) is 0. The molecule has 0 spiro atoms. The Morgan fingerprint density at radius 2 is 2.15 bits per heavy atom. The summed E-state index contributed by atoms with van der Waals surface area (Å²) in [6.45, 7) is 6.69. The molecule has 0 saturated carbocycles. The standard InChI is InChI=1S/C9H17BrO3/c1-4-12-6-7(2)9(5-10)13-8(3)11/h7,9H,4-6H2,1-3H3. The maximum atomic E-state index is 10.7. The van der Waals surface area contributed by atoms with Crippen molar-refractivity contribution in [1.29, 1.82) is 0 Å². The monoisotopic (exact) mass is 252 g/mol. The van der Waals surface area contributed by atoms with Crippen LogP contribution in [0.3, 0.4) is 0 Å². The average molecular weight is 253 g/mol. The van der Waals surface area contributed by atoms with E-state index in [2.05, 4.69) is 15.9 Å². The Morgan fingerprint density at radius 3 is 2.54 bits per heavy atom. The lowest BCUT2D eigenvalue weighted by Gasteiger charge is -2.21. The van der Waals surface area contributed by atoms with Crippen molar-refractivity contribution >= 4 is 21.9 Å². The molecule has 2 unspecified atom stereocenters. The van der Waals surface area contributed by atoms with Gasteiger partial charge in [-0.15, -0.1) is 0 Å². The van der Waals surface area contributed by atoms with Gasteiger partial charge in [0.15, 0.2) is 0 Å². The van der Waals surface area contributed by atoms with Gasteiger partial charge < -0.3 is 9.47 Å². The van der Waals surface area contributed by atoms with E-state index in [1.165, 1.54) is 6.92 Å². The van der Waals surface area contributed by atoms with Crippen molar-refractivity contribution in [3.8, 4) is 0 Å². The molecule has 0 saturated heterocycles. The fourth-order valence-electron chi connectivity index (χ4n) is 0.924. The van der Waals surface area contributed by atoms with Gasteiger partial charge >= 0.3 is 5.97 Å². The Kier molecular flexibility index (Phi) is 7.28. The molecular weight excluding hydrogens is 236 g/mol. The molecule has 0 rings (SSSR count). The van der Waals surface area contributed by atoms with Gasteiger partial charge in [-0.05, 0) is 6.92 Å². The number of esters is 1. The molecule has 0 aliphatic rings. The SMILES string of the molecule is CCOCC(C)C(CBr)OC(C)=O. The van der Waals surface area contributed by atoms with Crippen LogP contribution < -0.4 is 0 Å². The second-order valence-corrected chi connectivity index (χ2v) is 3.59. The van der Waals surface area contributed by atoms with E-state index in [1.807, 2.05) is 13.8 Å². The molecule has 0 aromatic rings. The molecular formula is C9H17BrO3. The fourth-order valence-corrected chi connectivity index (χ4v) is 1.69. The average Bonchev–Trinajstić information content (AvgIpc) is 2.09. The number of hydrogen-bond acceptors (Lipinski definition) is 3. The van der Waals surface area contributed by atoms with E-state index < -0.39 is 0 Å². The van der Waals surface area contributed by atoms with Crippen molar-refractivity contribution in [2.45, 2.75) is 26.9 Å². The molecule has 13 heavy (non-hydrogen) atoms. The predicted molar refractivity (Wildman–Crippen MR) is 55.0 cm³/mol. The quantitative estimate of drug-likeness (QED) is 0.536. The highest BCUT2D eigenvalue weighted by Crippen LogP contribution is 2.11. The van der Waals surface area contributed by atoms with E-state index in [0.29, 0.717) is 18.5 Å². The van der Waals surface area contributed by atoms with Gasteiger partial charge in [-0.2, -0.15) is 0 Å². The molecule has 2 atom stereocenters. The van der Waals surface area contributed by atoms with Crippen LogP contribution in [0.25, 0.3) is 0 Å². The zero-order valence-electron chi connectivity index (χ0n) is 8.38. The molecule has 0 aromatic carbocycles. The third-order valence-corrected chi connectivity index (χ3v) is 2.33. The Hall–Kier alpha value is -0.0900. The van der Waals surface area contributed by atoms with Crippen LogP contribution in [0.15, 0.2) is 0 Å². The van der Waals surface area contributed by atoms with Gasteiger partial charge in [0.25, 0.3) is 0 Å². The number of carbonyl (C=O) groups excluding carboxylic acids is 1. The second kappa shape index (κ2) is 7.33. The zero-order valence-corrected chi connectivity index (χ0v) is 9.96. The molecule has 0 N–H and O–H groups in total. The Labute approximate surface area is 87.9 Å². The number of alkyl halides is 1. The molecule has 4 heteroatoms. The lowest BCUT2D eigenvalue weighted by atomic mass is 10.1. The molecule has 78 valence electrons. The minimum Gasteiger partial charge on any atom is -0.461 e. The van der Waals surface area contributed by atoms with Crippen LogP contribution in [0.4, 0.5) is 0 Å². The summed E-state index contributed by atoms with van der Waals surface area (Å²) in [6.07, 6.45) is -0.0935. The van der Waals surface area contributed by atoms with Gasteiger partial charge in [0.2, 0.25) is 0 Å². The smallest absolute Gasteiger partial charge is 0.302 e. The van der Waals surface area contributed by atoms with Crippen LogP contribution in [0.1, 0.15) is 20.8 Å². The lowest BCUT2D eigenvalue weighted by molar-refractivity contribution is -0.148. The first-order valence-corrected chi connectivity index (χ1v) is 5.54. The molecule has 0 aliphatic carbocycles. The molecule has 0 aliphatic heterocycles. The first-order valence-electron chi connectivity index (χ1n) is 4.42. The molecule has 0 aromatic heterocycles. The summed E-state index contributed by atoms with van der Waals surface area (Å²) >= 11 is 3.30. The van der Waals surface area contributed by atoms with Crippen LogP contribution in [0.5, 0.6) is 0 Å². The Morgan fingerprint density at radius 1 is 1.54 bits per heavy atom. The summed E-state index contributed by atoms with van der Waals surface area (Å²) in [6, 6.07) is 0. The minimum absolute atomic E-state index is 0.0935. The molecule has 0 fully saturated rings. The van der Waals surface area contributed by atoms with Gasteiger partial charge in [0.05, 0.1) is 6.61 Å². The van der Waals surface area contributed by atoms with Crippen molar-refractivity contribution in [3.63, 3.8) is 0 Å². The molecule has 3 nitrogen and oxygen atoms in total. The van der Waals surface area contributed by atoms with Crippen molar-refractivity contribution in [2.24, 2.45) is 5.92 Å². The van der Waals surface area contributed by atoms with Gasteiger partial charge in [-0.25, -0.2) is 0 Å². The van der Waals surface area contributed by atoms with Crippen LogP contribution in [-0.4, -0.2) is 30.6 Å². The fraction of sp³-hybridized carbons (Fsp3) is 0.889. The van der Waals surface area contributed by atoms with Crippen molar-refractivity contribution in [1.82, 2.24) is 0 Å². The third-order valence-electron chi connectivity index (χ3n) is 1.69.